The molecule has 0 spiro atoms. The van der Waals surface area contributed by atoms with E-state index in [0.717, 1.165) is 5.56 Å². The van der Waals surface area contributed by atoms with Crippen molar-refractivity contribution in [3.63, 3.8) is 0 Å². The molecule has 0 saturated carbocycles. The number of hydrogen-bond donors (Lipinski definition) is 2. The van der Waals surface area contributed by atoms with Crippen LogP contribution in [-0.2, 0) is 11.3 Å². The molecule has 1 aromatic carbocycles. The van der Waals surface area contributed by atoms with Gasteiger partial charge in [-0.05, 0) is 17.5 Å². The van der Waals surface area contributed by atoms with Crippen LogP contribution in [0.2, 0.25) is 5.02 Å². The molecule has 0 aliphatic carbocycles. The van der Waals surface area contributed by atoms with Crippen molar-refractivity contribution in [2.45, 2.75) is 20.4 Å². The Bertz CT molecular complexity index is 532. The molecular formula is C15H18ClN3O. The van der Waals surface area contributed by atoms with Crippen LogP contribution in [0.25, 0.3) is 0 Å². The molecule has 5 heteroatoms. The van der Waals surface area contributed by atoms with Crippen LogP contribution in [0.4, 0.5) is 0 Å². The van der Waals surface area contributed by atoms with Gasteiger partial charge in [-0.2, -0.15) is 5.26 Å². The number of nitrogens with one attached hydrogen (secondary N) is 2. The lowest BCUT2D eigenvalue weighted by Crippen LogP contribution is -2.29. The van der Waals surface area contributed by atoms with E-state index in [2.05, 4.69) is 10.6 Å². The summed E-state index contributed by atoms with van der Waals surface area (Å²) in [5.74, 6) is -0.0252. The van der Waals surface area contributed by atoms with E-state index in [9.17, 15) is 4.79 Å². The van der Waals surface area contributed by atoms with Crippen LogP contribution in [0.1, 0.15) is 19.4 Å². The number of nitriles is 1. The summed E-state index contributed by atoms with van der Waals surface area (Å²) in [7, 11) is 0. The quantitative estimate of drug-likeness (QED) is 0.625. The molecule has 0 fully saturated rings. The molecule has 0 aliphatic rings. The Morgan fingerprint density at radius 1 is 1.45 bits per heavy atom. The molecule has 0 atom stereocenters. The third-order valence-corrected chi connectivity index (χ3v) is 2.90. The molecule has 0 saturated heterocycles. The van der Waals surface area contributed by atoms with Crippen molar-refractivity contribution < 1.29 is 4.79 Å². The van der Waals surface area contributed by atoms with Gasteiger partial charge in [0.25, 0.3) is 5.91 Å². The third kappa shape index (κ3) is 5.33. The molecule has 0 heterocycles. The second-order valence-corrected chi connectivity index (χ2v) is 5.15. The lowest BCUT2D eigenvalue weighted by Gasteiger charge is -2.07. The van der Waals surface area contributed by atoms with Gasteiger partial charge in [-0.1, -0.05) is 43.6 Å². The van der Waals surface area contributed by atoms with Crippen molar-refractivity contribution >= 4 is 17.5 Å². The second-order valence-electron chi connectivity index (χ2n) is 4.75. The maximum atomic E-state index is 11.7. The predicted molar refractivity (Wildman–Crippen MR) is 79.8 cm³/mol. The van der Waals surface area contributed by atoms with E-state index in [1.165, 1.54) is 6.20 Å². The summed E-state index contributed by atoms with van der Waals surface area (Å²) in [6.45, 7) is 4.99. The first kappa shape index (κ1) is 16.1. The van der Waals surface area contributed by atoms with Crippen LogP contribution in [0.3, 0.4) is 0 Å². The largest absolute Gasteiger partial charge is 0.386 e. The molecule has 4 nitrogen and oxygen atoms in total. The summed E-state index contributed by atoms with van der Waals surface area (Å²) in [5, 5.41) is 15.2. The number of benzene rings is 1. The minimum Gasteiger partial charge on any atom is -0.386 e. The first-order valence-corrected chi connectivity index (χ1v) is 6.77. The number of halogens is 1. The van der Waals surface area contributed by atoms with Gasteiger partial charge in [0, 0.05) is 24.3 Å². The molecule has 0 bridgehead atoms. The number of hydrogen-bond acceptors (Lipinski definition) is 3. The number of rotatable bonds is 6. The Morgan fingerprint density at radius 2 is 2.15 bits per heavy atom. The molecule has 0 radical (unpaired) electrons. The van der Waals surface area contributed by atoms with Crippen molar-refractivity contribution in [2.24, 2.45) is 5.92 Å². The fourth-order valence-electron chi connectivity index (χ4n) is 1.45. The molecule has 1 amide bonds. The van der Waals surface area contributed by atoms with E-state index in [4.69, 9.17) is 16.9 Å². The third-order valence-electron chi connectivity index (χ3n) is 2.53. The maximum absolute atomic E-state index is 11.7. The SMILES string of the molecule is CC(C)CNC(=O)/C(C#N)=C\NCc1ccccc1Cl. The van der Waals surface area contributed by atoms with E-state index in [-0.39, 0.29) is 11.5 Å². The van der Waals surface area contributed by atoms with Crippen LogP contribution in [0, 0.1) is 17.2 Å². The normalized spacial score (nSPS) is 11.1. The predicted octanol–water partition coefficient (Wildman–Crippen LogP) is 2.61. The summed E-state index contributed by atoms with van der Waals surface area (Å²) in [6.07, 6.45) is 1.42. The Morgan fingerprint density at radius 3 is 2.75 bits per heavy atom. The monoisotopic (exact) mass is 291 g/mol. The maximum Gasteiger partial charge on any atom is 0.263 e. The van der Waals surface area contributed by atoms with E-state index in [0.29, 0.717) is 24.0 Å². The van der Waals surface area contributed by atoms with Gasteiger partial charge in [-0.15, -0.1) is 0 Å². The zero-order valence-electron chi connectivity index (χ0n) is 11.6. The summed E-state index contributed by atoms with van der Waals surface area (Å²) < 4.78 is 0. The van der Waals surface area contributed by atoms with Crippen LogP contribution in [0.5, 0.6) is 0 Å². The molecule has 1 rings (SSSR count). The lowest BCUT2D eigenvalue weighted by atomic mass is 10.2. The second kappa shape index (κ2) is 8.23. The summed E-state index contributed by atoms with van der Waals surface area (Å²) in [4.78, 5) is 11.7. The van der Waals surface area contributed by atoms with Crippen molar-refractivity contribution in [1.82, 2.24) is 10.6 Å². The first-order chi connectivity index (χ1) is 9.54. The standard InChI is InChI=1S/C15H18ClN3O/c1-11(2)8-19-15(20)13(7-17)10-18-9-12-5-3-4-6-14(12)16/h3-6,10-11,18H,8-9H2,1-2H3,(H,19,20)/b13-10-. The van der Waals surface area contributed by atoms with Crippen LogP contribution in [-0.4, -0.2) is 12.5 Å². The van der Waals surface area contributed by atoms with Gasteiger partial charge in [0.05, 0.1) is 0 Å². The number of carbonyl (C=O) groups excluding carboxylic acids is 1. The molecular weight excluding hydrogens is 274 g/mol. The van der Waals surface area contributed by atoms with Crippen LogP contribution in [0.15, 0.2) is 36.0 Å². The topological polar surface area (TPSA) is 64.9 Å². The van der Waals surface area contributed by atoms with Crippen molar-refractivity contribution in [2.75, 3.05) is 6.54 Å². The molecule has 0 aromatic heterocycles. The van der Waals surface area contributed by atoms with E-state index in [1.807, 2.05) is 38.1 Å². The highest BCUT2D eigenvalue weighted by Gasteiger charge is 2.08. The van der Waals surface area contributed by atoms with E-state index >= 15 is 0 Å². The highest BCUT2D eigenvalue weighted by atomic mass is 35.5. The van der Waals surface area contributed by atoms with Gasteiger partial charge >= 0.3 is 0 Å². The highest BCUT2D eigenvalue weighted by Crippen LogP contribution is 2.14. The summed E-state index contributed by atoms with van der Waals surface area (Å²) >= 11 is 6.02. The Hall–Kier alpha value is -1.99. The minimum absolute atomic E-state index is 0.0534. The van der Waals surface area contributed by atoms with Gasteiger partial charge in [0.2, 0.25) is 0 Å². The zero-order valence-corrected chi connectivity index (χ0v) is 12.4. The van der Waals surface area contributed by atoms with E-state index in [1.54, 1.807) is 6.07 Å². The number of carbonyl (C=O) groups is 1. The van der Waals surface area contributed by atoms with Gasteiger partial charge < -0.3 is 10.6 Å². The minimum atomic E-state index is -0.368. The van der Waals surface area contributed by atoms with Crippen molar-refractivity contribution in [3.05, 3.63) is 46.6 Å². The molecule has 2 N–H and O–H groups in total. The van der Waals surface area contributed by atoms with E-state index < -0.39 is 0 Å². The summed E-state index contributed by atoms with van der Waals surface area (Å²) in [5.41, 5.74) is 0.961. The van der Waals surface area contributed by atoms with Gasteiger partial charge in [0.15, 0.2) is 0 Å². The van der Waals surface area contributed by atoms with Crippen molar-refractivity contribution in [3.8, 4) is 6.07 Å². The molecule has 106 valence electrons. The average Bonchev–Trinajstić information content (AvgIpc) is 2.43. The molecule has 0 aliphatic heterocycles. The van der Waals surface area contributed by atoms with Gasteiger partial charge in [-0.3, -0.25) is 4.79 Å². The van der Waals surface area contributed by atoms with Crippen LogP contribution >= 0.6 is 11.6 Å². The Labute approximate surface area is 124 Å². The van der Waals surface area contributed by atoms with Crippen molar-refractivity contribution in [1.29, 1.82) is 5.26 Å². The Balaban J connectivity index is 2.56. The molecule has 20 heavy (non-hydrogen) atoms. The smallest absolute Gasteiger partial charge is 0.263 e. The summed E-state index contributed by atoms with van der Waals surface area (Å²) in [6, 6.07) is 9.29. The highest BCUT2D eigenvalue weighted by molar-refractivity contribution is 6.31. The van der Waals surface area contributed by atoms with Gasteiger partial charge in [0.1, 0.15) is 11.6 Å². The first-order valence-electron chi connectivity index (χ1n) is 6.40. The number of nitrogens with zero attached hydrogens (tertiary/aromatic N) is 1. The fraction of sp³-hybridized carbons (Fsp3) is 0.333. The Kier molecular flexibility index (Phi) is 6.61. The number of amides is 1. The fourth-order valence-corrected chi connectivity index (χ4v) is 1.65. The van der Waals surface area contributed by atoms with Gasteiger partial charge in [-0.25, -0.2) is 0 Å². The average molecular weight is 292 g/mol. The molecule has 0 unspecified atom stereocenters. The zero-order chi connectivity index (χ0) is 15.0. The lowest BCUT2D eigenvalue weighted by molar-refractivity contribution is -0.117. The van der Waals surface area contributed by atoms with Crippen LogP contribution < -0.4 is 10.6 Å². The molecule has 1 aromatic rings.